The summed E-state index contributed by atoms with van der Waals surface area (Å²) in [4.78, 5) is 22.5. The van der Waals surface area contributed by atoms with Gasteiger partial charge in [0.05, 0.1) is 17.7 Å². The van der Waals surface area contributed by atoms with Crippen LogP contribution < -0.4 is 5.73 Å². The molecule has 0 spiro atoms. The first-order chi connectivity index (χ1) is 9.60. The molecule has 2 N–H and O–H groups in total. The minimum absolute atomic E-state index is 0.0653. The Balaban J connectivity index is 2.15. The topological polar surface area (TPSA) is 72.1 Å². The number of aryl methyl sites for hydroxylation is 1. The summed E-state index contributed by atoms with van der Waals surface area (Å²) in [5, 5.41) is 1.94. The van der Waals surface area contributed by atoms with Crippen molar-refractivity contribution in [3.05, 3.63) is 40.0 Å². The quantitative estimate of drug-likeness (QED) is 0.917. The fraction of sp³-hybridized carbons (Fsp3) is 0.357. The number of hydrogen-bond acceptors (Lipinski definition) is 5. The number of nitrogens with two attached hydrogens (primary N) is 1. The number of hydrogen-bond donors (Lipinski definition) is 1. The van der Waals surface area contributed by atoms with Gasteiger partial charge in [0.25, 0.3) is 5.91 Å². The van der Waals surface area contributed by atoms with Gasteiger partial charge in [-0.25, -0.2) is 9.97 Å². The fourth-order valence-corrected chi connectivity index (χ4v) is 2.52. The van der Waals surface area contributed by atoms with Crippen LogP contribution in [0.5, 0.6) is 0 Å². The number of carbonyl (C=O) groups is 1. The standard InChI is InChI=1S/C14H18N4OS/c1-3-4-11-5-10(6-13(15)17-11)14(19)18(2)7-12-8-20-9-16-12/h5-6,8-9H,3-4,7H2,1-2H3,(H2,15,17). The summed E-state index contributed by atoms with van der Waals surface area (Å²) in [6, 6.07) is 3.44. The number of carbonyl (C=O) groups excluding carboxylic acids is 1. The lowest BCUT2D eigenvalue weighted by Crippen LogP contribution is -2.26. The van der Waals surface area contributed by atoms with E-state index in [9.17, 15) is 4.79 Å². The third-order valence-electron chi connectivity index (χ3n) is 2.88. The van der Waals surface area contributed by atoms with Gasteiger partial charge in [-0.3, -0.25) is 4.79 Å². The van der Waals surface area contributed by atoms with Crippen LogP contribution in [0.1, 0.15) is 35.1 Å². The van der Waals surface area contributed by atoms with Crippen LogP contribution in [0, 0.1) is 0 Å². The van der Waals surface area contributed by atoms with E-state index in [1.54, 1.807) is 23.5 Å². The highest BCUT2D eigenvalue weighted by molar-refractivity contribution is 7.07. The number of nitrogen functional groups attached to an aromatic ring is 1. The number of nitrogens with zero attached hydrogens (tertiary/aromatic N) is 3. The first-order valence-corrected chi connectivity index (χ1v) is 7.43. The number of thiazole rings is 1. The second-order valence-corrected chi connectivity index (χ2v) is 5.38. The van der Waals surface area contributed by atoms with E-state index >= 15 is 0 Å². The Morgan fingerprint density at radius 3 is 2.85 bits per heavy atom. The van der Waals surface area contributed by atoms with Crippen molar-refractivity contribution < 1.29 is 4.79 Å². The number of rotatable bonds is 5. The summed E-state index contributed by atoms with van der Waals surface area (Å²) in [6.45, 7) is 2.56. The van der Waals surface area contributed by atoms with Crippen LogP contribution >= 0.6 is 11.3 Å². The molecule has 0 saturated carbocycles. The molecule has 0 aliphatic carbocycles. The molecule has 20 heavy (non-hydrogen) atoms. The van der Waals surface area contributed by atoms with Gasteiger partial charge in [-0.1, -0.05) is 13.3 Å². The second-order valence-electron chi connectivity index (χ2n) is 4.66. The van der Waals surface area contributed by atoms with Crippen molar-refractivity contribution in [2.75, 3.05) is 12.8 Å². The highest BCUT2D eigenvalue weighted by atomic mass is 32.1. The maximum Gasteiger partial charge on any atom is 0.254 e. The van der Waals surface area contributed by atoms with Gasteiger partial charge < -0.3 is 10.6 Å². The zero-order valence-corrected chi connectivity index (χ0v) is 12.5. The summed E-state index contributed by atoms with van der Waals surface area (Å²) in [5.41, 5.74) is 9.86. The lowest BCUT2D eigenvalue weighted by molar-refractivity contribution is 0.0783. The van der Waals surface area contributed by atoms with E-state index in [4.69, 9.17) is 5.73 Å². The summed E-state index contributed by atoms with van der Waals surface area (Å²) >= 11 is 1.52. The molecule has 6 heteroatoms. The third-order valence-corrected chi connectivity index (χ3v) is 3.52. The molecule has 2 aromatic rings. The molecule has 2 heterocycles. The van der Waals surface area contributed by atoms with E-state index in [0.717, 1.165) is 24.2 Å². The van der Waals surface area contributed by atoms with E-state index in [2.05, 4.69) is 16.9 Å². The van der Waals surface area contributed by atoms with Gasteiger partial charge in [0.15, 0.2) is 0 Å². The summed E-state index contributed by atoms with van der Waals surface area (Å²) in [5.74, 6) is 0.325. The molecule has 0 saturated heterocycles. The second kappa shape index (κ2) is 6.47. The Kier molecular flexibility index (Phi) is 4.68. The summed E-state index contributed by atoms with van der Waals surface area (Å²) in [6.07, 6.45) is 1.79. The van der Waals surface area contributed by atoms with Gasteiger partial charge in [0.1, 0.15) is 5.82 Å². The third kappa shape index (κ3) is 3.54. The molecule has 0 aliphatic heterocycles. The minimum Gasteiger partial charge on any atom is -0.384 e. The maximum atomic E-state index is 12.4. The van der Waals surface area contributed by atoms with E-state index in [-0.39, 0.29) is 5.91 Å². The number of aromatic nitrogens is 2. The molecule has 0 aromatic carbocycles. The molecular weight excluding hydrogens is 272 g/mol. The molecule has 2 rings (SSSR count). The summed E-state index contributed by atoms with van der Waals surface area (Å²) < 4.78 is 0. The van der Waals surface area contributed by atoms with Crippen molar-refractivity contribution in [1.82, 2.24) is 14.9 Å². The Morgan fingerprint density at radius 1 is 1.40 bits per heavy atom. The van der Waals surface area contributed by atoms with E-state index < -0.39 is 0 Å². The Bertz CT molecular complexity index is 583. The normalized spacial score (nSPS) is 10.5. The molecule has 0 atom stereocenters. The van der Waals surface area contributed by atoms with Gasteiger partial charge in [-0.15, -0.1) is 11.3 Å². The van der Waals surface area contributed by atoms with Gasteiger partial charge in [0, 0.05) is 23.7 Å². The van der Waals surface area contributed by atoms with Crippen LogP contribution in [0.3, 0.4) is 0 Å². The van der Waals surface area contributed by atoms with Crippen LogP contribution in [0.25, 0.3) is 0 Å². The molecule has 0 radical (unpaired) electrons. The first-order valence-electron chi connectivity index (χ1n) is 6.49. The Labute approximate surface area is 122 Å². The molecule has 0 fully saturated rings. The van der Waals surface area contributed by atoms with Crippen LogP contribution in [0.2, 0.25) is 0 Å². The monoisotopic (exact) mass is 290 g/mol. The van der Waals surface area contributed by atoms with Crippen LogP contribution in [-0.2, 0) is 13.0 Å². The molecule has 0 aliphatic rings. The molecule has 106 valence electrons. The van der Waals surface area contributed by atoms with Gasteiger partial charge >= 0.3 is 0 Å². The van der Waals surface area contributed by atoms with Crippen LogP contribution in [0.15, 0.2) is 23.0 Å². The SMILES string of the molecule is CCCc1cc(C(=O)N(C)Cc2cscn2)cc(N)n1. The van der Waals surface area contributed by atoms with Crippen LogP contribution in [-0.4, -0.2) is 27.8 Å². The van der Waals surface area contributed by atoms with Crippen LogP contribution in [0.4, 0.5) is 5.82 Å². The first kappa shape index (κ1) is 14.5. The van der Waals surface area contributed by atoms with Crippen molar-refractivity contribution in [3.63, 3.8) is 0 Å². The molecule has 2 aromatic heterocycles. The Morgan fingerprint density at radius 2 is 2.20 bits per heavy atom. The highest BCUT2D eigenvalue weighted by Crippen LogP contribution is 2.13. The lowest BCUT2D eigenvalue weighted by atomic mass is 10.1. The average Bonchev–Trinajstić information content (AvgIpc) is 2.90. The molecule has 0 unspecified atom stereocenters. The number of pyridine rings is 1. The maximum absolute atomic E-state index is 12.4. The van der Waals surface area contributed by atoms with E-state index in [1.807, 2.05) is 11.4 Å². The molecule has 5 nitrogen and oxygen atoms in total. The number of amides is 1. The average molecular weight is 290 g/mol. The summed E-state index contributed by atoms with van der Waals surface area (Å²) in [7, 11) is 1.76. The predicted molar refractivity (Wildman–Crippen MR) is 80.6 cm³/mol. The predicted octanol–water partition coefficient (Wildman–Crippen LogP) is 2.35. The lowest BCUT2D eigenvalue weighted by Gasteiger charge is -2.16. The largest absolute Gasteiger partial charge is 0.384 e. The Hall–Kier alpha value is -1.95. The highest BCUT2D eigenvalue weighted by Gasteiger charge is 2.14. The van der Waals surface area contributed by atoms with Crippen molar-refractivity contribution in [1.29, 1.82) is 0 Å². The smallest absolute Gasteiger partial charge is 0.254 e. The van der Waals surface area contributed by atoms with E-state index in [1.165, 1.54) is 11.3 Å². The van der Waals surface area contributed by atoms with Crippen molar-refractivity contribution >= 4 is 23.1 Å². The fourth-order valence-electron chi connectivity index (χ4n) is 1.97. The minimum atomic E-state index is -0.0653. The van der Waals surface area contributed by atoms with Crippen molar-refractivity contribution in [3.8, 4) is 0 Å². The molecular formula is C14H18N4OS. The van der Waals surface area contributed by atoms with Gasteiger partial charge in [-0.05, 0) is 18.6 Å². The van der Waals surface area contributed by atoms with Crippen molar-refractivity contribution in [2.45, 2.75) is 26.3 Å². The van der Waals surface area contributed by atoms with Crippen molar-refractivity contribution in [2.24, 2.45) is 0 Å². The van der Waals surface area contributed by atoms with Gasteiger partial charge in [-0.2, -0.15) is 0 Å². The molecule has 1 amide bonds. The van der Waals surface area contributed by atoms with E-state index in [0.29, 0.717) is 17.9 Å². The molecule has 0 bridgehead atoms. The van der Waals surface area contributed by atoms with Gasteiger partial charge in [0.2, 0.25) is 0 Å². The number of anilines is 1. The zero-order chi connectivity index (χ0) is 14.5. The zero-order valence-electron chi connectivity index (χ0n) is 11.7.